The molecular formula is C15H19N3O2S. The Morgan fingerprint density at radius 2 is 2.00 bits per heavy atom. The molecule has 21 heavy (non-hydrogen) atoms. The van der Waals surface area contributed by atoms with Crippen molar-refractivity contribution in [3.8, 4) is 0 Å². The van der Waals surface area contributed by atoms with Gasteiger partial charge in [-0.2, -0.15) is 0 Å². The van der Waals surface area contributed by atoms with Crippen LogP contribution < -0.4 is 10.6 Å². The first kappa shape index (κ1) is 15.4. The molecule has 6 heteroatoms. The molecule has 0 spiro atoms. The molecule has 2 aromatic rings. The molecule has 0 saturated carbocycles. The highest BCUT2D eigenvalue weighted by Crippen LogP contribution is 2.24. The second-order valence-corrected chi connectivity index (χ2v) is 6.18. The van der Waals surface area contributed by atoms with E-state index >= 15 is 0 Å². The van der Waals surface area contributed by atoms with Crippen molar-refractivity contribution in [2.24, 2.45) is 0 Å². The zero-order chi connectivity index (χ0) is 15.2. The number of rotatable bonds is 6. The Morgan fingerprint density at radius 1 is 1.29 bits per heavy atom. The monoisotopic (exact) mass is 305 g/mol. The fraction of sp³-hybridized carbons (Fsp3) is 0.333. The van der Waals surface area contributed by atoms with Gasteiger partial charge in [-0.1, -0.05) is 24.3 Å². The Morgan fingerprint density at radius 3 is 2.67 bits per heavy atom. The Labute approximate surface area is 126 Å². The summed E-state index contributed by atoms with van der Waals surface area (Å²) in [6.07, 6.45) is 3.20. The van der Waals surface area contributed by atoms with Crippen LogP contribution >= 0.6 is 0 Å². The molecule has 0 saturated heterocycles. The van der Waals surface area contributed by atoms with Crippen LogP contribution in [0.25, 0.3) is 10.8 Å². The Bertz CT molecular complexity index is 673. The molecule has 0 bridgehead atoms. The second kappa shape index (κ2) is 7.17. The van der Waals surface area contributed by atoms with Crippen LogP contribution in [-0.2, 0) is 10.8 Å². The lowest BCUT2D eigenvalue weighted by molar-refractivity contribution is 0.0957. The summed E-state index contributed by atoms with van der Waals surface area (Å²) >= 11 is 0. The smallest absolute Gasteiger partial charge is 0.253 e. The van der Waals surface area contributed by atoms with Crippen LogP contribution in [0.1, 0.15) is 17.3 Å². The number of amides is 1. The Kier molecular flexibility index (Phi) is 5.27. The number of carbonyl (C=O) groups is 1. The average Bonchev–Trinajstić information content (AvgIpc) is 2.47. The minimum absolute atomic E-state index is 0.188. The van der Waals surface area contributed by atoms with Crippen molar-refractivity contribution in [1.29, 1.82) is 0 Å². The van der Waals surface area contributed by atoms with Gasteiger partial charge in [-0.05, 0) is 12.3 Å². The van der Waals surface area contributed by atoms with Crippen LogP contribution in [0.5, 0.6) is 0 Å². The van der Waals surface area contributed by atoms with E-state index in [2.05, 4.69) is 15.6 Å². The van der Waals surface area contributed by atoms with Gasteiger partial charge in [0.1, 0.15) is 5.82 Å². The van der Waals surface area contributed by atoms with Crippen molar-refractivity contribution in [2.75, 3.05) is 30.4 Å². The molecule has 0 radical (unpaired) electrons. The molecule has 1 aromatic heterocycles. The Hall–Kier alpha value is -1.95. The molecule has 0 fully saturated rings. The maximum atomic E-state index is 12.2. The number of nitrogens with zero attached hydrogens (tertiary/aromatic N) is 1. The quantitative estimate of drug-likeness (QED) is 0.853. The number of carbonyl (C=O) groups excluding carboxylic acids is 1. The lowest BCUT2D eigenvalue weighted by Gasteiger charge is -2.11. The van der Waals surface area contributed by atoms with Gasteiger partial charge in [-0.25, -0.2) is 4.98 Å². The SMILES string of the molecule is CCNc1ncc(C(=O)NCCS(C)=O)c2ccccc12. The van der Waals surface area contributed by atoms with Crippen molar-refractivity contribution in [2.45, 2.75) is 6.92 Å². The molecule has 1 unspecified atom stereocenters. The number of hydrogen-bond acceptors (Lipinski definition) is 4. The minimum Gasteiger partial charge on any atom is -0.370 e. The van der Waals surface area contributed by atoms with Crippen LogP contribution in [0.4, 0.5) is 5.82 Å². The summed E-state index contributed by atoms with van der Waals surface area (Å²) in [6, 6.07) is 7.67. The predicted molar refractivity (Wildman–Crippen MR) is 87.2 cm³/mol. The summed E-state index contributed by atoms with van der Waals surface area (Å²) in [7, 11) is -0.912. The number of nitrogens with one attached hydrogen (secondary N) is 2. The third-order valence-electron chi connectivity index (χ3n) is 3.06. The number of pyridine rings is 1. The van der Waals surface area contributed by atoms with Gasteiger partial charge in [0.25, 0.3) is 5.91 Å². The number of fused-ring (bicyclic) bond motifs is 1. The largest absolute Gasteiger partial charge is 0.370 e. The molecule has 0 aliphatic rings. The summed E-state index contributed by atoms with van der Waals surface area (Å²) < 4.78 is 11.0. The molecule has 1 aromatic carbocycles. The van der Waals surface area contributed by atoms with E-state index in [4.69, 9.17) is 0 Å². The Balaban J connectivity index is 2.30. The normalized spacial score (nSPS) is 12.1. The van der Waals surface area contributed by atoms with Gasteiger partial charge >= 0.3 is 0 Å². The third-order valence-corrected chi connectivity index (χ3v) is 3.84. The zero-order valence-electron chi connectivity index (χ0n) is 12.2. The fourth-order valence-corrected chi connectivity index (χ4v) is 2.47. The molecule has 0 aliphatic carbocycles. The third kappa shape index (κ3) is 3.78. The van der Waals surface area contributed by atoms with E-state index in [9.17, 15) is 9.00 Å². The van der Waals surface area contributed by atoms with Crippen LogP contribution in [-0.4, -0.2) is 40.2 Å². The van der Waals surface area contributed by atoms with Crippen molar-refractivity contribution in [3.63, 3.8) is 0 Å². The molecular weight excluding hydrogens is 286 g/mol. The molecule has 1 amide bonds. The standard InChI is InChI=1S/C15H19N3O2S/c1-3-16-14-12-7-5-4-6-11(12)13(10-18-14)15(19)17-8-9-21(2)20/h4-7,10H,3,8-9H2,1-2H3,(H,16,18)(H,17,19). The van der Waals surface area contributed by atoms with Gasteiger partial charge < -0.3 is 10.6 Å². The average molecular weight is 305 g/mol. The fourth-order valence-electron chi connectivity index (χ4n) is 2.09. The first-order valence-corrected chi connectivity index (χ1v) is 8.56. The van der Waals surface area contributed by atoms with E-state index < -0.39 is 10.8 Å². The van der Waals surface area contributed by atoms with E-state index in [1.165, 1.54) is 0 Å². The predicted octanol–water partition coefficient (Wildman–Crippen LogP) is 1.77. The molecule has 5 nitrogen and oxygen atoms in total. The van der Waals surface area contributed by atoms with Crippen LogP contribution in [0.2, 0.25) is 0 Å². The first-order valence-electron chi connectivity index (χ1n) is 6.83. The lowest BCUT2D eigenvalue weighted by Crippen LogP contribution is -2.27. The minimum atomic E-state index is -0.912. The highest BCUT2D eigenvalue weighted by Gasteiger charge is 2.12. The number of benzene rings is 1. The van der Waals surface area contributed by atoms with Crippen LogP contribution in [0.3, 0.4) is 0 Å². The summed E-state index contributed by atoms with van der Waals surface area (Å²) in [5.74, 6) is 1.04. The maximum absolute atomic E-state index is 12.2. The number of aromatic nitrogens is 1. The van der Waals surface area contributed by atoms with Gasteiger partial charge in [0.15, 0.2) is 0 Å². The molecule has 1 atom stereocenters. The van der Waals surface area contributed by atoms with Crippen molar-refractivity contribution < 1.29 is 9.00 Å². The van der Waals surface area contributed by atoms with Crippen molar-refractivity contribution in [3.05, 3.63) is 36.0 Å². The topological polar surface area (TPSA) is 71.1 Å². The van der Waals surface area contributed by atoms with E-state index in [0.29, 0.717) is 17.9 Å². The number of hydrogen-bond donors (Lipinski definition) is 2. The van der Waals surface area contributed by atoms with E-state index in [1.54, 1.807) is 12.5 Å². The first-order chi connectivity index (χ1) is 10.1. The van der Waals surface area contributed by atoms with E-state index in [0.717, 1.165) is 23.1 Å². The second-order valence-electron chi connectivity index (χ2n) is 4.63. The zero-order valence-corrected chi connectivity index (χ0v) is 13.0. The van der Waals surface area contributed by atoms with Crippen LogP contribution in [0.15, 0.2) is 30.5 Å². The van der Waals surface area contributed by atoms with E-state index in [-0.39, 0.29) is 5.91 Å². The maximum Gasteiger partial charge on any atom is 0.253 e. The van der Waals surface area contributed by atoms with E-state index in [1.807, 2.05) is 31.2 Å². The summed E-state index contributed by atoms with van der Waals surface area (Å²) in [5, 5.41) is 7.76. The van der Waals surface area contributed by atoms with Gasteiger partial charge in [0.05, 0.1) is 5.56 Å². The summed E-state index contributed by atoms with van der Waals surface area (Å²) in [4.78, 5) is 16.6. The highest BCUT2D eigenvalue weighted by molar-refractivity contribution is 7.84. The van der Waals surface area contributed by atoms with Gasteiger partial charge in [0.2, 0.25) is 0 Å². The highest BCUT2D eigenvalue weighted by atomic mass is 32.2. The summed E-state index contributed by atoms with van der Waals surface area (Å²) in [5.41, 5.74) is 0.536. The lowest BCUT2D eigenvalue weighted by atomic mass is 10.1. The number of anilines is 1. The van der Waals surface area contributed by atoms with Gasteiger partial charge in [-0.15, -0.1) is 0 Å². The molecule has 1 heterocycles. The molecule has 0 aliphatic heterocycles. The van der Waals surface area contributed by atoms with Crippen molar-refractivity contribution in [1.82, 2.24) is 10.3 Å². The van der Waals surface area contributed by atoms with Gasteiger partial charge in [0, 0.05) is 47.5 Å². The molecule has 112 valence electrons. The molecule has 2 rings (SSSR count). The van der Waals surface area contributed by atoms with Gasteiger partial charge in [-0.3, -0.25) is 9.00 Å². The summed E-state index contributed by atoms with van der Waals surface area (Å²) in [6.45, 7) is 3.16. The van der Waals surface area contributed by atoms with Crippen molar-refractivity contribution >= 4 is 33.3 Å². The van der Waals surface area contributed by atoms with Crippen LogP contribution in [0, 0.1) is 0 Å². The molecule has 2 N–H and O–H groups in total.